The molecule has 0 saturated heterocycles. The Hall–Kier alpha value is -1.62. The standard InChI is InChI=1S/C11H8BrNO3/c1-7-9(12)11(15)13(16-7)10(14)8-5-3-2-4-6-8/h2-6H,1H3. The van der Waals surface area contributed by atoms with Gasteiger partial charge in [-0.3, -0.25) is 9.59 Å². The van der Waals surface area contributed by atoms with Gasteiger partial charge in [-0.05, 0) is 35.0 Å². The van der Waals surface area contributed by atoms with Gasteiger partial charge >= 0.3 is 5.56 Å². The molecule has 0 unspecified atom stereocenters. The number of benzene rings is 1. The number of hydrogen-bond donors (Lipinski definition) is 0. The lowest BCUT2D eigenvalue weighted by Gasteiger charge is -1.97. The molecule has 1 aromatic carbocycles. The topological polar surface area (TPSA) is 52.2 Å². The SMILES string of the molecule is Cc1on(C(=O)c2ccccc2)c(=O)c1Br. The predicted octanol–water partition coefficient (Wildman–Crippen LogP) is 2.20. The Morgan fingerprint density at radius 1 is 1.31 bits per heavy atom. The third-order valence-electron chi connectivity index (χ3n) is 2.11. The minimum Gasteiger partial charge on any atom is -0.372 e. The zero-order chi connectivity index (χ0) is 11.7. The van der Waals surface area contributed by atoms with Crippen LogP contribution in [-0.4, -0.2) is 10.6 Å². The van der Waals surface area contributed by atoms with Gasteiger partial charge in [-0.25, -0.2) is 0 Å². The normalized spacial score (nSPS) is 10.4. The molecule has 0 N–H and O–H groups in total. The molecule has 0 atom stereocenters. The number of hydrogen-bond acceptors (Lipinski definition) is 3. The third-order valence-corrected chi connectivity index (χ3v) is 3.01. The molecule has 0 aliphatic heterocycles. The highest BCUT2D eigenvalue weighted by atomic mass is 79.9. The molecular formula is C11H8BrNO3. The summed E-state index contributed by atoms with van der Waals surface area (Å²) in [6, 6.07) is 8.50. The van der Waals surface area contributed by atoms with E-state index in [2.05, 4.69) is 15.9 Å². The van der Waals surface area contributed by atoms with E-state index in [1.54, 1.807) is 37.3 Å². The van der Waals surface area contributed by atoms with Crippen molar-refractivity contribution in [3.63, 3.8) is 0 Å². The Kier molecular flexibility index (Phi) is 2.78. The lowest BCUT2D eigenvalue weighted by molar-refractivity contribution is 0.0834. The quantitative estimate of drug-likeness (QED) is 0.805. The van der Waals surface area contributed by atoms with Crippen LogP contribution in [-0.2, 0) is 0 Å². The van der Waals surface area contributed by atoms with Gasteiger partial charge in [0.05, 0.1) is 0 Å². The molecule has 0 saturated carbocycles. The minimum absolute atomic E-state index is 0.275. The van der Waals surface area contributed by atoms with E-state index in [0.29, 0.717) is 11.3 Å². The number of aromatic nitrogens is 1. The first-order chi connectivity index (χ1) is 7.61. The lowest BCUT2D eigenvalue weighted by Crippen LogP contribution is -2.23. The second-order valence-electron chi connectivity index (χ2n) is 3.23. The second kappa shape index (κ2) is 4.09. The summed E-state index contributed by atoms with van der Waals surface area (Å²) in [5.74, 6) is -0.0892. The highest BCUT2D eigenvalue weighted by Gasteiger charge is 2.17. The molecule has 0 spiro atoms. The average molecular weight is 282 g/mol. The Morgan fingerprint density at radius 3 is 2.44 bits per heavy atom. The zero-order valence-electron chi connectivity index (χ0n) is 8.44. The first kappa shape index (κ1) is 10.9. The smallest absolute Gasteiger partial charge is 0.304 e. The molecule has 2 rings (SSSR count). The van der Waals surface area contributed by atoms with Crippen LogP contribution in [0.25, 0.3) is 0 Å². The fourth-order valence-electron chi connectivity index (χ4n) is 1.29. The van der Waals surface area contributed by atoms with Gasteiger partial charge < -0.3 is 4.52 Å². The first-order valence-electron chi connectivity index (χ1n) is 4.59. The van der Waals surface area contributed by atoms with Crippen LogP contribution in [0, 0.1) is 6.92 Å². The first-order valence-corrected chi connectivity index (χ1v) is 5.38. The predicted molar refractivity (Wildman–Crippen MR) is 61.6 cm³/mol. The molecule has 1 aromatic heterocycles. The fourth-order valence-corrected chi connectivity index (χ4v) is 1.52. The second-order valence-corrected chi connectivity index (χ2v) is 4.03. The molecule has 82 valence electrons. The van der Waals surface area contributed by atoms with Crippen LogP contribution in [0.15, 0.2) is 44.1 Å². The van der Waals surface area contributed by atoms with Crippen LogP contribution in [0.5, 0.6) is 0 Å². The fraction of sp³-hybridized carbons (Fsp3) is 0.0909. The maximum Gasteiger partial charge on any atom is 0.304 e. The molecule has 0 aliphatic rings. The van der Waals surface area contributed by atoms with E-state index in [-0.39, 0.29) is 4.47 Å². The van der Waals surface area contributed by atoms with Crippen molar-refractivity contribution in [2.75, 3.05) is 0 Å². The van der Waals surface area contributed by atoms with Crippen molar-refractivity contribution in [2.45, 2.75) is 6.92 Å². The van der Waals surface area contributed by atoms with Gasteiger partial charge in [-0.1, -0.05) is 22.9 Å². The monoisotopic (exact) mass is 281 g/mol. The van der Waals surface area contributed by atoms with Crippen LogP contribution in [0.1, 0.15) is 16.1 Å². The Morgan fingerprint density at radius 2 is 1.94 bits per heavy atom. The Labute approximate surface area is 99.6 Å². The van der Waals surface area contributed by atoms with Crippen LogP contribution in [0.3, 0.4) is 0 Å². The summed E-state index contributed by atoms with van der Waals surface area (Å²) in [7, 11) is 0. The van der Waals surface area contributed by atoms with Crippen molar-refractivity contribution in [1.29, 1.82) is 0 Å². The molecule has 4 nitrogen and oxygen atoms in total. The molecule has 5 heteroatoms. The molecule has 0 amide bonds. The lowest BCUT2D eigenvalue weighted by atomic mass is 10.2. The maximum atomic E-state index is 11.9. The van der Waals surface area contributed by atoms with E-state index in [9.17, 15) is 9.59 Å². The summed E-state index contributed by atoms with van der Waals surface area (Å²) >= 11 is 3.06. The summed E-state index contributed by atoms with van der Waals surface area (Å²) in [5, 5.41) is 0. The molecule has 1 heterocycles. The molecule has 0 fully saturated rings. The van der Waals surface area contributed by atoms with Crippen molar-refractivity contribution in [1.82, 2.24) is 4.74 Å². The number of rotatable bonds is 1. The average Bonchev–Trinajstić information content (AvgIpc) is 2.57. The van der Waals surface area contributed by atoms with Crippen molar-refractivity contribution >= 4 is 21.8 Å². The van der Waals surface area contributed by atoms with Crippen LogP contribution in [0.2, 0.25) is 0 Å². The van der Waals surface area contributed by atoms with Crippen molar-refractivity contribution < 1.29 is 9.32 Å². The molecular weight excluding hydrogens is 274 g/mol. The van der Waals surface area contributed by atoms with Gasteiger partial charge in [0.15, 0.2) is 0 Å². The van der Waals surface area contributed by atoms with Crippen molar-refractivity contribution in [3.05, 3.63) is 56.5 Å². The van der Waals surface area contributed by atoms with Gasteiger partial charge in [0.2, 0.25) is 0 Å². The summed E-state index contributed by atoms with van der Waals surface area (Å²) < 4.78 is 6.09. The molecule has 0 radical (unpaired) electrons. The number of carbonyl (C=O) groups excluding carboxylic acids is 1. The highest BCUT2D eigenvalue weighted by Crippen LogP contribution is 2.12. The highest BCUT2D eigenvalue weighted by molar-refractivity contribution is 9.10. The zero-order valence-corrected chi connectivity index (χ0v) is 10.0. The van der Waals surface area contributed by atoms with Crippen molar-refractivity contribution in [2.24, 2.45) is 0 Å². The molecule has 0 aliphatic carbocycles. The Bertz CT molecular complexity index is 583. The van der Waals surface area contributed by atoms with Gasteiger partial charge in [-0.15, -0.1) is 0 Å². The number of aryl methyl sites for hydroxylation is 1. The number of nitrogens with zero attached hydrogens (tertiary/aromatic N) is 1. The largest absolute Gasteiger partial charge is 0.372 e. The van der Waals surface area contributed by atoms with E-state index < -0.39 is 11.5 Å². The van der Waals surface area contributed by atoms with Crippen LogP contribution >= 0.6 is 15.9 Å². The van der Waals surface area contributed by atoms with Gasteiger partial charge in [0, 0.05) is 5.56 Å². The van der Waals surface area contributed by atoms with Gasteiger partial charge in [0.25, 0.3) is 5.91 Å². The summed E-state index contributed by atoms with van der Waals surface area (Å²) in [6.45, 7) is 1.61. The van der Waals surface area contributed by atoms with E-state index >= 15 is 0 Å². The van der Waals surface area contributed by atoms with E-state index in [4.69, 9.17) is 4.52 Å². The molecule has 16 heavy (non-hydrogen) atoms. The summed E-state index contributed by atoms with van der Waals surface area (Å²) in [4.78, 5) is 23.5. The number of halogens is 1. The van der Waals surface area contributed by atoms with E-state index in [0.717, 1.165) is 4.74 Å². The Balaban J connectivity index is 2.51. The summed E-state index contributed by atoms with van der Waals surface area (Å²) in [6.07, 6.45) is 0. The molecule has 0 bridgehead atoms. The summed E-state index contributed by atoms with van der Waals surface area (Å²) in [5.41, 5.74) is -0.0720. The molecule has 2 aromatic rings. The number of carbonyl (C=O) groups is 1. The minimum atomic E-state index is -0.480. The van der Waals surface area contributed by atoms with Gasteiger partial charge in [0.1, 0.15) is 10.2 Å². The van der Waals surface area contributed by atoms with Crippen LogP contribution in [0.4, 0.5) is 0 Å². The van der Waals surface area contributed by atoms with Gasteiger partial charge in [-0.2, -0.15) is 0 Å². The van der Waals surface area contributed by atoms with Crippen LogP contribution < -0.4 is 5.56 Å². The van der Waals surface area contributed by atoms with Crippen molar-refractivity contribution in [3.8, 4) is 0 Å². The van der Waals surface area contributed by atoms with E-state index in [1.165, 1.54) is 0 Å². The van der Waals surface area contributed by atoms with E-state index in [1.807, 2.05) is 0 Å². The third kappa shape index (κ3) is 1.74. The maximum absolute atomic E-state index is 11.9.